The minimum Gasteiger partial charge on any atom is -0.453 e. The van der Waals surface area contributed by atoms with Gasteiger partial charge in [0.25, 0.3) is 0 Å². The summed E-state index contributed by atoms with van der Waals surface area (Å²) in [7, 11) is 2.63. The van der Waals surface area contributed by atoms with Gasteiger partial charge in [-0.15, -0.1) is 0 Å². The van der Waals surface area contributed by atoms with Crippen molar-refractivity contribution < 1.29 is 28.7 Å². The van der Waals surface area contributed by atoms with Crippen molar-refractivity contribution in [2.75, 3.05) is 20.8 Å². The quantitative estimate of drug-likeness (QED) is 0.108. The third kappa shape index (κ3) is 6.80. The molecule has 4 N–H and O–H groups in total. The van der Waals surface area contributed by atoms with Gasteiger partial charge in [0.2, 0.25) is 11.8 Å². The highest BCUT2D eigenvalue weighted by Crippen LogP contribution is 2.64. The number of aromatic nitrogens is 4. The summed E-state index contributed by atoms with van der Waals surface area (Å²) in [6, 6.07) is 18.4. The lowest BCUT2D eigenvalue weighted by Gasteiger charge is -2.37. The number of carbonyl (C=O) groups is 4. The van der Waals surface area contributed by atoms with Crippen LogP contribution < -0.4 is 10.6 Å². The standard InChI is InChI=1S/C51H58N8O6/c1-26(2)41(56-48(62)64-5)46(60)58-25-50(15-16-50)23-40(58)44-52-24-39(55-44)30-9-13-34-33-12-8-28(20-35(33)51(17-18-51)36(34)21-30)29-10-14-37-38(22-29)54-45(53-37)43-31-7-11-32(19-31)59(43)47(61)42(27(3)4)57-49(63)65-6/h8-10,12-14,20-22,24,26-27,31-32,40-43H,7,11,15-19,23,25H2,1-6H3,(H,52,55)(H,53,54)(H,56,62)(H,57,63)/t31-,32+,40-,41-,42-,43+/m0/s1. The van der Waals surface area contributed by atoms with Gasteiger partial charge >= 0.3 is 12.2 Å². The second kappa shape index (κ2) is 15.2. The molecule has 4 amide bonds. The minimum atomic E-state index is -0.687. The van der Waals surface area contributed by atoms with Crippen molar-refractivity contribution in [1.29, 1.82) is 0 Å². The van der Waals surface area contributed by atoms with Gasteiger partial charge in [0.05, 0.1) is 49.2 Å². The Morgan fingerprint density at radius 2 is 1.38 bits per heavy atom. The molecule has 65 heavy (non-hydrogen) atoms. The van der Waals surface area contributed by atoms with Crippen molar-refractivity contribution in [2.24, 2.45) is 23.2 Å². The van der Waals surface area contributed by atoms with Crippen LogP contribution in [0.25, 0.3) is 44.5 Å². The number of ether oxygens (including phenoxy) is 2. The van der Waals surface area contributed by atoms with Crippen LogP contribution in [0, 0.1) is 23.2 Å². The molecule has 14 nitrogen and oxygen atoms in total. The van der Waals surface area contributed by atoms with Crippen LogP contribution in [0.5, 0.6) is 0 Å². The van der Waals surface area contributed by atoms with Crippen LogP contribution in [-0.2, 0) is 24.5 Å². The molecular formula is C51H58N8O6. The summed E-state index contributed by atoms with van der Waals surface area (Å²) in [6.45, 7) is 8.43. The van der Waals surface area contributed by atoms with E-state index in [0.29, 0.717) is 12.5 Å². The monoisotopic (exact) mass is 878 g/mol. The number of rotatable bonds is 10. The summed E-state index contributed by atoms with van der Waals surface area (Å²) < 4.78 is 9.73. The zero-order chi connectivity index (χ0) is 45.1. The number of nitrogens with zero attached hydrogens (tertiary/aromatic N) is 4. The lowest BCUT2D eigenvalue weighted by molar-refractivity contribution is -0.139. The van der Waals surface area contributed by atoms with Gasteiger partial charge in [0.15, 0.2) is 0 Å². The van der Waals surface area contributed by atoms with Crippen LogP contribution in [0.2, 0.25) is 0 Å². The summed E-state index contributed by atoms with van der Waals surface area (Å²) >= 11 is 0. The van der Waals surface area contributed by atoms with Crippen LogP contribution in [0.3, 0.4) is 0 Å². The third-order valence-electron chi connectivity index (χ3n) is 15.8. The van der Waals surface area contributed by atoms with Crippen molar-refractivity contribution in [2.45, 2.75) is 115 Å². The Kier molecular flexibility index (Phi) is 9.71. The van der Waals surface area contributed by atoms with Gasteiger partial charge in [-0.05, 0) is 138 Å². The van der Waals surface area contributed by atoms with E-state index in [1.54, 1.807) is 0 Å². The lowest BCUT2D eigenvalue weighted by atomic mass is 9.90. The maximum atomic E-state index is 14.1. The van der Waals surface area contributed by atoms with E-state index in [1.807, 2.05) is 43.7 Å². The molecule has 5 fully saturated rings. The Hall–Kier alpha value is -6.18. The molecule has 2 aliphatic heterocycles. The molecule has 5 aromatic rings. The Morgan fingerprint density at radius 1 is 0.754 bits per heavy atom. The molecule has 6 aliphatic rings. The lowest BCUT2D eigenvalue weighted by Crippen LogP contribution is -2.54. The van der Waals surface area contributed by atoms with Gasteiger partial charge < -0.3 is 39.9 Å². The highest BCUT2D eigenvalue weighted by atomic mass is 16.5. The number of likely N-dealkylation sites (tertiary alicyclic amines) is 2. The van der Waals surface area contributed by atoms with Crippen LogP contribution in [0.1, 0.15) is 114 Å². The second-order valence-electron chi connectivity index (χ2n) is 20.5. The molecule has 2 saturated heterocycles. The number of aromatic amines is 2. The van der Waals surface area contributed by atoms with Gasteiger partial charge in [0.1, 0.15) is 23.7 Å². The summed E-state index contributed by atoms with van der Waals surface area (Å²) in [5.74, 6) is 1.50. The van der Waals surface area contributed by atoms with E-state index in [-0.39, 0.29) is 52.6 Å². The Labute approximate surface area is 378 Å². The number of carbonyl (C=O) groups excluding carboxylic acids is 4. The van der Waals surface area contributed by atoms with Crippen molar-refractivity contribution in [1.82, 2.24) is 40.4 Å². The molecule has 3 aromatic carbocycles. The molecule has 4 aliphatic carbocycles. The number of fused-ring (bicyclic) bond motifs is 8. The van der Waals surface area contributed by atoms with Gasteiger partial charge in [-0.2, -0.15) is 0 Å². The normalized spacial score (nSPS) is 23.6. The average Bonchev–Trinajstić information content (AvgIpc) is 3.74. The van der Waals surface area contributed by atoms with Crippen molar-refractivity contribution in [3.8, 4) is 33.5 Å². The first-order valence-corrected chi connectivity index (χ1v) is 23.5. The Balaban J connectivity index is 0.845. The molecule has 11 rings (SSSR count). The number of imidazole rings is 2. The van der Waals surface area contributed by atoms with E-state index in [0.717, 1.165) is 96.4 Å². The Morgan fingerprint density at radius 3 is 2.03 bits per heavy atom. The van der Waals surface area contributed by atoms with Gasteiger partial charge in [-0.3, -0.25) is 9.59 Å². The predicted octanol–water partition coefficient (Wildman–Crippen LogP) is 8.55. The second-order valence-corrected chi connectivity index (χ2v) is 20.5. The smallest absolute Gasteiger partial charge is 0.407 e. The van der Waals surface area contributed by atoms with E-state index >= 15 is 0 Å². The van der Waals surface area contributed by atoms with Gasteiger partial charge in [-0.1, -0.05) is 58.0 Å². The first kappa shape index (κ1) is 41.5. The fraction of sp³-hybridized carbons (Fsp3) is 0.490. The highest BCUT2D eigenvalue weighted by molar-refractivity contribution is 5.90. The summed E-state index contributed by atoms with van der Waals surface area (Å²) in [4.78, 5) is 73.8. The van der Waals surface area contributed by atoms with E-state index < -0.39 is 24.3 Å². The molecule has 14 heteroatoms. The van der Waals surface area contributed by atoms with E-state index in [4.69, 9.17) is 19.4 Å². The van der Waals surface area contributed by atoms with E-state index in [1.165, 1.54) is 36.5 Å². The number of nitrogens with one attached hydrogen (secondary N) is 4. The van der Waals surface area contributed by atoms with Crippen LogP contribution in [0.15, 0.2) is 60.8 Å². The zero-order valence-corrected chi connectivity index (χ0v) is 38.0. The number of benzene rings is 3. The fourth-order valence-corrected chi connectivity index (χ4v) is 12.0. The van der Waals surface area contributed by atoms with E-state index in [9.17, 15) is 19.2 Å². The molecule has 2 aromatic heterocycles. The summed E-state index contributed by atoms with van der Waals surface area (Å²) in [5, 5.41) is 5.57. The van der Waals surface area contributed by atoms with Crippen LogP contribution in [-0.4, -0.2) is 92.6 Å². The van der Waals surface area contributed by atoms with Gasteiger partial charge in [0, 0.05) is 18.0 Å². The molecule has 3 saturated carbocycles. The number of amides is 4. The molecule has 4 heterocycles. The molecule has 6 atom stereocenters. The molecule has 0 radical (unpaired) electrons. The maximum absolute atomic E-state index is 14.1. The Bertz CT molecular complexity index is 2760. The molecule has 338 valence electrons. The fourth-order valence-electron chi connectivity index (χ4n) is 12.0. The van der Waals surface area contributed by atoms with Crippen molar-refractivity contribution >= 4 is 35.0 Å². The molecular weight excluding hydrogens is 821 g/mol. The number of H-pyrrole nitrogens is 2. The predicted molar refractivity (Wildman–Crippen MR) is 244 cm³/mol. The van der Waals surface area contributed by atoms with Crippen molar-refractivity contribution in [3.63, 3.8) is 0 Å². The van der Waals surface area contributed by atoms with Crippen molar-refractivity contribution in [3.05, 3.63) is 83.6 Å². The average molecular weight is 879 g/mol. The summed E-state index contributed by atoms with van der Waals surface area (Å²) in [6.07, 6.45) is 8.83. The zero-order valence-electron chi connectivity index (χ0n) is 38.0. The number of hydrogen-bond donors (Lipinski definition) is 4. The van der Waals surface area contributed by atoms with Crippen LogP contribution in [0.4, 0.5) is 9.59 Å². The topological polar surface area (TPSA) is 175 Å². The number of piperidine rings is 1. The van der Waals surface area contributed by atoms with Crippen LogP contribution >= 0.6 is 0 Å². The largest absolute Gasteiger partial charge is 0.453 e. The molecule has 0 unspecified atom stereocenters. The van der Waals surface area contributed by atoms with Gasteiger partial charge in [-0.25, -0.2) is 19.6 Å². The number of alkyl carbamates (subject to hydrolysis) is 2. The molecule has 2 spiro atoms. The number of hydrogen-bond acceptors (Lipinski definition) is 8. The molecule has 2 bridgehead atoms. The summed E-state index contributed by atoms with van der Waals surface area (Å²) in [5.41, 5.74) is 11.4. The third-order valence-corrected chi connectivity index (χ3v) is 15.8. The first-order chi connectivity index (χ1) is 31.3. The SMILES string of the molecule is COC(=O)N[C@H](C(=O)N1CC2(CC2)C[C@H]1c1ncc(-c2ccc3c(c2)C2(CC2)c2cc(-c4ccc5nc([C@H]6[C@H]7CC[C@H](C7)N6C(=O)[C@@H](NC(=O)OC)C(C)C)[nH]c5c4)ccc2-3)[nH]1)C(C)C. The maximum Gasteiger partial charge on any atom is 0.407 e. The first-order valence-electron chi connectivity index (χ1n) is 23.5. The van der Waals surface area contributed by atoms with E-state index in [2.05, 4.69) is 75.2 Å². The minimum absolute atomic E-state index is 0.0370. The number of methoxy groups -OCH3 is 2. The highest BCUT2D eigenvalue weighted by Gasteiger charge is 2.56.